The summed E-state index contributed by atoms with van der Waals surface area (Å²) in [7, 11) is 0. The van der Waals surface area contributed by atoms with E-state index in [1.807, 2.05) is 30.3 Å². The van der Waals surface area contributed by atoms with Crippen LogP contribution in [0.2, 0.25) is 0 Å². The molecule has 0 radical (unpaired) electrons. The van der Waals surface area contributed by atoms with E-state index in [-0.39, 0.29) is 18.4 Å². The third kappa shape index (κ3) is 2.32. The zero-order chi connectivity index (χ0) is 17.7. The maximum atomic E-state index is 12.5. The van der Waals surface area contributed by atoms with E-state index in [0.29, 0.717) is 24.2 Å². The van der Waals surface area contributed by atoms with Crippen LogP contribution in [0.4, 0.5) is 0 Å². The molecule has 7 heteroatoms. The normalized spacial score (nSPS) is 14.8. The predicted molar refractivity (Wildman–Crippen MR) is 95.9 cm³/mol. The highest BCUT2D eigenvalue weighted by atomic mass is 16.4. The Morgan fingerprint density at radius 3 is 2.77 bits per heavy atom. The van der Waals surface area contributed by atoms with Gasteiger partial charge in [0, 0.05) is 13.1 Å². The summed E-state index contributed by atoms with van der Waals surface area (Å²) in [5.41, 5.74) is 3.07. The van der Waals surface area contributed by atoms with Crippen molar-refractivity contribution < 1.29 is 9.21 Å². The lowest BCUT2D eigenvalue weighted by atomic mass is 9.99. The number of oxazole rings is 1. The van der Waals surface area contributed by atoms with Gasteiger partial charge in [-0.2, -0.15) is 0 Å². The van der Waals surface area contributed by atoms with Gasteiger partial charge in [-0.1, -0.05) is 24.3 Å². The smallest absolute Gasteiger partial charge is 0.408 e. The van der Waals surface area contributed by atoms with E-state index in [1.165, 1.54) is 4.57 Å². The third-order valence-electron chi connectivity index (χ3n) is 4.90. The Kier molecular flexibility index (Phi) is 3.21. The minimum Gasteiger partial charge on any atom is -0.408 e. The Labute approximate surface area is 147 Å². The first kappa shape index (κ1) is 14.9. The molecule has 0 atom stereocenters. The van der Waals surface area contributed by atoms with Gasteiger partial charge in [-0.3, -0.25) is 9.36 Å². The monoisotopic (exact) mass is 348 g/mol. The van der Waals surface area contributed by atoms with Crippen LogP contribution in [-0.4, -0.2) is 38.4 Å². The van der Waals surface area contributed by atoms with Crippen LogP contribution in [-0.2, 0) is 11.3 Å². The summed E-state index contributed by atoms with van der Waals surface area (Å²) in [6, 6.07) is 15.0. The van der Waals surface area contributed by atoms with E-state index in [9.17, 15) is 9.59 Å². The van der Waals surface area contributed by atoms with Gasteiger partial charge in [0.25, 0.3) is 0 Å². The molecular formula is C19H16N4O3. The molecule has 1 saturated heterocycles. The van der Waals surface area contributed by atoms with Gasteiger partial charge in [-0.15, -0.1) is 0 Å². The van der Waals surface area contributed by atoms with Crippen molar-refractivity contribution in [1.29, 1.82) is 0 Å². The molecule has 4 aromatic rings. The van der Waals surface area contributed by atoms with E-state index < -0.39 is 5.76 Å². The molecular weight excluding hydrogens is 332 g/mol. The van der Waals surface area contributed by atoms with Crippen molar-refractivity contribution >= 4 is 28.0 Å². The first-order chi connectivity index (χ1) is 12.7. The summed E-state index contributed by atoms with van der Waals surface area (Å²) in [6.07, 6.45) is 0. The summed E-state index contributed by atoms with van der Waals surface area (Å²) in [6.45, 7) is 1.19. The lowest BCUT2D eigenvalue weighted by molar-refractivity contribution is -0.136. The van der Waals surface area contributed by atoms with E-state index in [1.54, 1.807) is 23.1 Å². The van der Waals surface area contributed by atoms with Crippen molar-refractivity contribution in [1.82, 2.24) is 19.4 Å². The van der Waals surface area contributed by atoms with Crippen molar-refractivity contribution in [3.05, 3.63) is 64.9 Å². The largest absolute Gasteiger partial charge is 0.420 e. The standard InChI is InChI=1S/C19H16N4O3/c24-17(11-23-15-7-3-4-8-16(15)26-19(23)25)22-9-12(10-22)18-20-13-5-1-2-6-14(13)21-18/h1-8,12H,9-11H2,(H,20,21). The van der Waals surface area contributed by atoms with Gasteiger partial charge in [-0.05, 0) is 24.3 Å². The fourth-order valence-electron chi connectivity index (χ4n) is 3.42. The van der Waals surface area contributed by atoms with Crippen LogP contribution >= 0.6 is 0 Å². The van der Waals surface area contributed by atoms with E-state index in [0.717, 1.165) is 16.9 Å². The molecule has 130 valence electrons. The summed E-state index contributed by atoms with van der Waals surface area (Å²) in [5, 5.41) is 0. The Balaban J connectivity index is 1.30. The molecule has 0 unspecified atom stereocenters. The van der Waals surface area contributed by atoms with Gasteiger partial charge in [0.05, 0.1) is 22.5 Å². The molecule has 0 saturated carbocycles. The molecule has 26 heavy (non-hydrogen) atoms. The van der Waals surface area contributed by atoms with Gasteiger partial charge in [-0.25, -0.2) is 9.78 Å². The second kappa shape index (κ2) is 5.59. The summed E-state index contributed by atoms with van der Waals surface area (Å²) in [4.78, 5) is 34.2. The SMILES string of the molecule is O=C(Cn1c(=O)oc2ccccc21)N1CC(c2nc3ccccc3[nH]2)C1. The highest BCUT2D eigenvalue weighted by molar-refractivity contribution is 5.80. The van der Waals surface area contributed by atoms with Crippen LogP contribution in [0.15, 0.2) is 57.7 Å². The number of para-hydroxylation sites is 4. The number of amides is 1. The number of benzene rings is 2. The first-order valence-electron chi connectivity index (χ1n) is 8.50. The highest BCUT2D eigenvalue weighted by Gasteiger charge is 2.34. The number of fused-ring (bicyclic) bond motifs is 2. The number of imidazole rings is 1. The lowest BCUT2D eigenvalue weighted by Gasteiger charge is -2.38. The molecule has 1 aliphatic rings. The second-order valence-electron chi connectivity index (χ2n) is 6.56. The van der Waals surface area contributed by atoms with Gasteiger partial charge >= 0.3 is 5.76 Å². The Morgan fingerprint density at radius 1 is 1.15 bits per heavy atom. The number of nitrogens with one attached hydrogen (secondary N) is 1. The van der Waals surface area contributed by atoms with Crippen LogP contribution in [0.3, 0.4) is 0 Å². The average molecular weight is 348 g/mol. The van der Waals surface area contributed by atoms with Crippen LogP contribution in [0, 0.1) is 0 Å². The molecule has 3 heterocycles. The number of aromatic amines is 1. The Bertz CT molecular complexity index is 1150. The molecule has 0 spiro atoms. The molecule has 0 aliphatic carbocycles. The number of H-pyrrole nitrogens is 1. The average Bonchev–Trinajstić information content (AvgIpc) is 3.15. The summed E-state index contributed by atoms with van der Waals surface area (Å²) < 4.78 is 6.56. The number of rotatable bonds is 3. The minimum atomic E-state index is -0.506. The number of carbonyl (C=O) groups excluding carboxylic acids is 1. The van der Waals surface area contributed by atoms with Crippen molar-refractivity contribution in [3.63, 3.8) is 0 Å². The van der Waals surface area contributed by atoms with Crippen LogP contribution in [0.5, 0.6) is 0 Å². The predicted octanol–water partition coefficient (Wildman–Crippen LogP) is 2.10. The van der Waals surface area contributed by atoms with Crippen molar-refractivity contribution in [2.75, 3.05) is 13.1 Å². The Morgan fingerprint density at radius 2 is 1.92 bits per heavy atom. The number of hydrogen-bond donors (Lipinski definition) is 1. The molecule has 1 N–H and O–H groups in total. The quantitative estimate of drug-likeness (QED) is 0.614. The van der Waals surface area contributed by atoms with Gasteiger partial charge in [0.15, 0.2) is 5.58 Å². The number of aromatic nitrogens is 3. The fraction of sp³-hybridized carbons (Fsp3) is 0.211. The molecule has 1 fully saturated rings. The summed E-state index contributed by atoms with van der Waals surface area (Å²) in [5.74, 6) is 0.505. The third-order valence-corrected chi connectivity index (χ3v) is 4.90. The molecule has 1 amide bonds. The zero-order valence-corrected chi connectivity index (χ0v) is 13.9. The molecule has 7 nitrogen and oxygen atoms in total. The maximum Gasteiger partial charge on any atom is 0.420 e. The van der Waals surface area contributed by atoms with Crippen molar-refractivity contribution in [2.45, 2.75) is 12.5 Å². The fourth-order valence-corrected chi connectivity index (χ4v) is 3.42. The van der Waals surface area contributed by atoms with Crippen LogP contribution in [0.25, 0.3) is 22.1 Å². The summed E-state index contributed by atoms with van der Waals surface area (Å²) >= 11 is 0. The van der Waals surface area contributed by atoms with E-state index in [4.69, 9.17) is 4.42 Å². The minimum absolute atomic E-state index is 0.0112. The first-order valence-corrected chi connectivity index (χ1v) is 8.50. The van der Waals surface area contributed by atoms with Crippen molar-refractivity contribution in [3.8, 4) is 0 Å². The number of hydrogen-bond acceptors (Lipinski definition) is 4. The van der Waals surface area contributed by atoms with Gasteiger partial charge in [0.1, 0.15) is 12.4 Å². The van der Waals surface area contributed by atoms with Crippen LogP contribution in [0.1, 0.15) is 11.7 Å². The van der Waals surface area contributed by atoms with E-state index in [2.05, 4.69) is 9.97 Å². The van der Waals surface area contributed by atoms with Gasteiger partial charge in [0.2, 0.25) is 5.91 Å². The number of carbonyl (C=O) groups is 1. The number of nitrogens with zero attached hydrogens (tertiary/aromatic N) is 3. The molecule has 2 aromatic heterocycles. The lowest BCUT2D eigenvalue weighted by Crippen LogP contribution is -2.50. The highest BCUT2D eigenvalue weighted by Crippen LogP contribution is 2.27. The topological polar surface area (TPSA) is 84.1 Å². The molecule has 5 rings (SSSR count). The zero-order valence-electron chi connectivity index (χ0n) is 13.9. The second-order valence-corrected chi connectivity index (χ2v) is 6.56. The van der Waals surface area contributed by atoms with Crippen molar-refractivity contribution in [2.24, 2.45) is 0 Å². The molecule has 0 bridgehead atoms. The molecule has 1 aliphatic heterocycles. The number of likely N-dealkylation sites (tertiary alicyclic amines) is 1. The Hall–Kier alpha value is -3.35. The molecule has 2 aromatic carbocycles. The maximum absolute atomic E-state index is 12.5. The van der Waals surface area contributed by atoms with E-state index >= 15 is 0 Å². The van der Waals surface area contributed by atoms with Crippen LogP contribution < -0.4 is 5.76 Å². The van der Waals surface area contributed by atoms with Gasteiger partial charge < -0.3 is 14.3 Å².